The van der Waals surface area contributed by atoms with Gasteiger partial charge in [0.2, 0.25) is 0 Å². The van der Waals surface area contributed by atoms with Crippen molar-refractivity contribution < 1.29 is 17.7 Å². The largest absolute Gasteiger partial charge is 0.483 e. The molecule has 0 aliphatic heterocycles. The zero-order valence-electron chi connectivity index (χ0n) is 10.3. The highest BCUT2D eigenvalue weighted by atomic mass is 28.3. The molecule has 17 heavy (non-hydrogen) atoms. The Morgan fingerprint density at radius 3 is 2.59 bits per heavy atom. The van der Waals surface area contributed by atoms with Crippen LogP contribution in [0.2, 0.25) is 0 Å². The van der Waals surface area contributed by atoms with Gasteiger partial charge >= 0.3 is 9.53 Å². The van der Waals surface area contributed by atoms with Gasteiger partial charge in [0, 0.05) is 20.8 Å². The Kier molecular flexibility index (Phi) is 7.03. The zero-order chi connectivity index (χ0) is 12.5. The molecule has 0 aromatic heterocycles. The maximum Gasteiger partial charge on any atom is 0.483 e. The van der Waals surface area contributed by atoms with E-state index < -0.39 is 9.53 Å². The Hall–Kier alpha value is -0.753. The van der Waals surface area contributed by atoms with Crippen LogP contribution in [0, 0.1) is 5.82 Å². The van der Waals surface area contributed by atoms with Gasteiger partial charge in [-0.05, 0) is 37.0 Å². The minimum atomic E-state index is -1.88. The summed E-state index contributed by atoms with van der Waals surface area (Å²) in [6.45, 7) is 0.633. The Labute approximate surface area is 103 Å². The van der Waals surface area contributed by atoms with E-state index in [0.717, 1.165) is 24.8 Å². The highest BCUT2D eigenvalue weighted by molar-refractivity contribution is 6.36. The summed E-state index contributed by atoms with van der Waals surface area (Å²) in [5.74, 6) is -0.176. The number of hydrogen-bond acceptors (Lipinski definition) is 3. The van der Waals surface area contributed by atoms with Crippen LogP contribution in [0.4, 0.5) is 4.39 Å². The number of hydrogen-bond donors (Lipinski definition) is 0. The topological polar surface area (TPSA) is 27.7 Å². The molecule has 96 valence electrons. The minimum absolute atomic E-state index is 0.176. The van der Waals surface area contributed by atoms with E-state index in [-0.39, 0.29) is 5.82 Å². The molecule has 0 saturated carbocycles. The first-order chi connectivity index (χ1) is 8.26. The van der Waals surface area contributed by atoms with Crippen LogP contribution in [0.5, 0.6) is 0 Å². The first kappa shape index (κ1) is 14.3. The van der Waals surface area contributed by atoms with Crippen molar-refractivity contribution in [2.24, 2.45) is 0 Å². The molecule has 1 aromatic rings. The van der Waals surface area contributed by atoms with Crippen molar-refractivity contribution >= 4 is 9.53 Å². The van der Waals surface area contributed by atoms with Gasteiger partial charge in [-0.1, -0.05) is 12.1 Å². The van der Waals surface area contributed by atoms with Crippen LogP contribution in [0.25, 0.3) is 0 Å². The van der Waals surface area contributed by atoms with Gasteiger partial charge in [-0.15, -0.1) is 0 Å². The normalized spacial score (nSPS) is 11.1. The summed E-state index contributed by atoms with van der Waals surface area (Å²) in [5.41, 5.74) is 1.03. The number of halogens is 1. The fourth-order valence-electron chi connectivity index (χ4n) is 1.54. The summed E-state index contributed by atoms with van der Waals surface area (Å²) in [6, 6.07) is 6.70. The summed E-state index contributed by atoms with van der Waals surface area (Å²) in [5, 5.41) is 0. The molecular formula is C12H19FO3Si. The van der Waals surface area contributed by atoms with Gasteiger partial charge in [0.1, 0.15) is 5.82 Å². The van der Waals surface area contributed by atoms with E-state index in [2.05, 4.69) is 0 Å². The van der Waals surface area contributed by atoms with Crippen LogP contribution in [-0.2, 0) is 19.7 Å². The molecule has 1 aromatic carbocycles. The molecule has 0 amide bonds. The van der Waals surface area contributed by atoms with Gasteiger partial charge in [-0.25, -0.2) is 4.39 Å². The Morgan fingerprint density at radius 2 is 1.94 bits per heavy atom. The molecule has 0 unspecified atom stereocenters. The van der Waals surface area contributed by atoms with Gasteiger partial charge in [0.05, 0.1) is 0 Å². The molecule has 0 heterocycles. The van der Waals surface area contributed by atoms with Gasteiger partial charge in [-0.2, -0.15) is 0 Å². The highest BCUT2D eigenvalue weighted by Crippen LogP contribution is 2.07. The highest BCUT2D eigenvalue weighted by Gasteiger charge is 2.09. The van der Waals surface area contributed by atoms with Crippen molar-refractivity contribution in [3.63, 3.8) is 0 Å². The van der Waals surface area contributed by atoms with Crippen LogP contribution < -0.4 is 0 Å². The van der Waals surface area contributed by atoms with E-state index in [1.165, 1.54) is 6.07 Å². The lowest BCUT2D eigenvalue weighted by atomic mass is 10.1. The van der Waals surface area contributed by atoms with Crippen molar-refractivity contribution in [1.29, 1.82) is 0 Å². The quantitative estimate of drug-likeness (QED) is 0.528. The van der Waals surface area contributed by atoms with E-state index in [0.29, 0.717) is 6.61 Å². The molecule has 3 nitrogen and oxygen atoms in total. The fourth-order valence-corrected chi connectivity index (χ4v) is 2.36. The van der Waals surface area contributed by atoms with Crippen molar-refractivity contribution in [2.75, 3.05) is 20.8 Å². The average Bonchev–Trinajstić information content (AvgIpc) is 2.34. The van der Waals surface area contributed by atoms with Crippen LogP contribution in [0.3, 0.4) is 0 Å². The van der Waals surface area contributed by atoms with E-state index in [4.69, 9.17) is 13.3 Å². The third kappa shape index (κ3) is 5.93. The molecule has 0 spiro atoms. The third-order valence-corrected chi connectivity index (χ3v) is 3.67. The lowest BCUT2D eigenvalue weighted by molar-refractivity contribution is 0.133. The van der Waals surface area contributed by atoms with E-state index >= 15 is 0 Å². The van der Waals surface area contributed by atoms with Gasteiger partial charge < -0.3 is 13.3 Å². The molecule has 0 N–H and O–H groups in total. The number of benzene rings is 1. The molecule has 1 rings (SSSR count). The first-order valence-corrected chi connectivity index (χ1v) is 7.09. The van der Waals surface area contributed by atoms with Crippen molar-refractivity contribution in [3.05, 3.63) is 35.6 Å². The minimum Gasteiger partial charge on any atom is -0.379 e. The van der Waals surface area contributed by atoms with Crippen LogP contribution in [-0.4, -0.2) is 30.4 Å². The van der Waals surface area contributed by atoms with Crippen molar-refractivity contribution in [2.45, 2.75) is 19.3 Å². The second kappa shape index (κ2) is 8.35. The number of unbranched alkanes of at least 4 members (excludes halogenated alkanes) is 1. The SMILES string of the molecule is CO[SiH](OC)OCCCCc1cccc(F)c1. The zero-order valence-corrected chi connectivity index (χ0v) is 11.5. The lowest BCUT2D eigenvalue weighted by Gasteiger charge is -2.11. The molecule has 0 saturated heterocycles. The molecule has 0 radical (unpaired) electrons. The predicted octanol–water partition coefficient (Wildman–Crippen LogP) is 2.17. The fraction of sp³-hybridized carbons (Fsp3) is 0.500. The van der Waals surface area contributed by atoms with Crippen LogP contribution in [0.15, 0.2) is 24.3 Å². The van der Waals surface area contributed by atoms with Crippen molar-refractivity contribution in [3.8, 4) is 0 Å². The third-order valence-electron chi connectivity index (χ3n) is 2.39. The molecule has 0 aliphatic carbocycles. The standard InChI is InChI=1S/C12H19FO3Si/c1-14-17(15-2)16-9-4-3-6-11-7-5-8-12(13)10-11/h5,7-8,10,17H,3-4,6,9H2,1-2H3. The maximum absolute atomic E-state index is 12.9. The van der Waals surface area contributed by atoms with E-state index in [1.807, 2.05) is 6.07 Å². The summed E-state index contributed by atoms with van der Waals surface area (Å²) < 4.78 is 28.4. The van der Waals surface area contributed by atoms with Gasteiger partial charge in [-0.3, -0.25) is 0 Å². The molecular weight excluding hydrogens is 239 g/mol. The predicted molar refractivity (Wildman–Crippen MR) is 66.5 cm³/mol. The summed E-state index contributed by atoms with van der Waals surface area (Å²) in [6.07, 6.45) is 2.76. The average molecular weight is 258 g/mol. The lowest BCUT2D eigenvalue weighted by Crippen LogP contribution is -2.24. The summed E-state index contributed by atoms with van der Waals surface area (Å²) >= 11 is 0. The molecule has 0 atom stereocenters. The Balaban J connectivity index is 2.12. The smallest absolute Gasteiger partial charge is 0.379 e. The molecule has 0 aliphatic rings. The Morgan fingerprint density at radius 1 is 1.18 bits per heavy atom. The second-order valence-corrected chi connectivity index (χ2v) is 5.57. The second-order valence-electron chi connectivity index (χ2n) is 3.72. The summed E-state index contributed by atoms with van der Waals surface area (Å²) in [7, 11) is 1.30. The summed E-state index contributed by atoms with van der Waals surface area (Å²) in [4.78, 5) is 0. The monoisotopic (exact) mass is 258 g/mol. The van der Waals surface area contributed by atoms with Crippen LogP contribution >= 0.6 is 0 Å². The first-order valence-electron chi connectivity index (χ1n) is 5.68. The number of aryl methyl sites for hydroxylation is 1. The van der Waals surface area contributed by atoms with Gasteiger partial charge in [0.25, 0.3) is 0 Å². The Bertz CT molecular complexity index is 318. The van der Waals surface area contributed by atoms with Gasteiger partial charge in [0.15, 0.2) is 0 Å². The van der Waals surface area contributed by atoms with Crippen molar-refractivity contribution in [1.82, 2.24) is 0 Å². The van der Waals surface area contributed by atoms with E-state index in [9.17, 15) is 4.39 Å². The molecule has 0 bridgehead atoms. The van der Waals surface area contributed by atoms with Crippen LogP contribution in [0.1, 0.15) is 18.4 Å². The maximum atomic E-state index is 12.9. The van der Waals surface area contributed by atoms with E-state index in [1.54, 1.807) is 26.4 Å². The molecule has 5 heteroatoms. The molecule has 0 fully saturated rings. The number of rotatable bonds is 8.